The fraction of sp³-hybridized carbons (Fsp3) is 0.0588. The Bertz CT molecular complexity index is 729. The standard InChI is InChI=1S/C17H14O5/c1-22-14-7-3-11(4-8-14)2-5-12-10-13(16(18)19)6-9-15(12)17(20)21/h2-10H,1H3,(H,18,19)(H,20,21). The number of hydrogen-bond donors (Lipinski definition) is 2. The molecule has 0 spiro atoms. The molecule has 0 amide bonds. The van der Waals surface area contributed by atoms with Gasteiger partial charge in [0, 0.05) is 0 Å². The maximum atomic E-state index is 11.2. The van der Waals surface area contributed by atoms with Gasteiger partial charge in [-0.3, -0.25) is 0 Å². The molecule has 0 radical (unpaired) electrons. The second kappa shape index (κ2) is 6.58. The van der Waals surface area contributed by atoms with E-state index in [1.165, 1.54) is 18.2 Å². The van der Waals surface area contributed by atoms with Crippen molar-refractivity contribution in [2.45, 2.75) is 0 Å². The monoisotopic (exact) mass is 298 g/mol. The molecule has 0 aliphatic rings. The molecule has 2 rings (SSSR count). The van der Waals surface area contributed by atoms with Gasteiger partial charge in [0.25, 0.3) is 0 Å². The first-order valence-electron chi connectivity index (χ1n) is 6.44. The van der Waals surface area contributed by atoms with Gasteiger partial charge in [0.05, 0.1) is 18.2 Å². The number of hydrogen-bond acceptors (Lipinski definition) is 3. The zero-order valence-electron chi connectivity index (χ0n) is 11.8. The highest BCUT2D eigenvalue weighted by Gasteiger charge is 2.11. The molecular formula is C17H14O5. The Hall–Kier alpha value is -3.08. The normalized spacial score (nSPS) is 10.6. The van der Waals surface area contributed by atoms with Crippen molar-refractivity contribution in [3.05, 3.63) is 64.7 Å². The average molecular weight is 298 g/mol. The largest absolute Gasteiger partial charge is 0.497 e. The zero-order valence-corrected chi connectivity index (χ0v) is 11.8. The van der Waals surface area contributed by atoms with Crippen molar-refractivity contribution in [1.29, 1.82) is 0 Å². The van der Waals surface area contributed by atoms with Crippen molar-refractivity contribution in [3.63, 3.8) is 0 Å². The number of aromatic carboxylic acids is 2. The van der Waals surface area contributed by atoms with E-state index in [9.17, 15) is 9.59 Å². The van der Waals surface area contributed by atoms with Crippen LogP contribution in [-0.4, -0.2) is 29.3 Å². The van der Waals surface area contributed by atoms with E-state index in [0.29, 0.717) is 5.56 Å². The van der Waals surface area contributed by atoms with E-state index in [1.807, 2.05) is 12.1 Å². The Kier molecular flexibility index (Phi) is 4.58. The van der Waals surface area contributed by atoms with Crippen LogP contribution in [0.3, 0.4) is 0 Å². The van der Waals surface area contributed by atoms with Crippen LogP contribution in [-0.2, 0) is 0 Å². The van der Waals surface area contributed by atoms with Gasteiger partial charge in [-0.2, -0.15) is 0 Å². The van der Waals surface area contributed by atoms with Gasteiger partial charge < -0.3 is 14.9 Å². The van der Waals surface area contributed by atoms with E-state index in [2.05, 4.69) is 0 Å². The summed E-state index contributed by atoms with van der Waals surface area (Å²) in [7, 11) is 1.57. The molecule has 0 aliphatic carbocycles. The third kappa shape index (κ3) is 3.52. The molecule has 0 aromatic heterocycles. The molecule has 0 saturated heterocycles. The Balaban J connectivity index is 2.36. The van der Waals surface area contributed by atoms with Crippen LogP contribution < -0.4 is 4.74 Å². The van der Waals surface area contributed by atoms with Crippen molar-refractivity contribution in [3.8, 4) is 5.75 Å². The lowest BCUT2D eigenvalue weighted by molar-refractivity contribution is 0.0681. The quantitative estimate of drug-likeness (QED) is 0.828. The number of ether oxygens (including phenoxy) is 1. The minimum absolute atomic E-state index is 0.0411. The van der Waals surface area contributed by atoms with Crippen LogP contribution >= 0.6 is 0 Å². The van der Waals surface area contributed by atoms with Gasteiger partial charge in [-0.15, -0.1) is 0 Å². The molecule has 22 heavy (non-hydrogen) atoms. The predicted molar refractivity (Wildman–Crippen MR) is 82.3 cm³/mol. The topological polar surface area (TPSA) is 83.8 Å². The van der Waals surface area contributed by atoms with Crippen LogP contribution in [0.1, 0.15) is 31.8 Å². The molecule has 0 unspecified atom stereocenters. The molecular weight excluding hydrogens is 284 g/mol. The first-order chi connectivity index (χ1) is 10.5. The molecule has 0 fully saturated rings. The number of carboxylic acid groups (broad SMARTS) is 2. The number of carbonyl (C=O) groups is 2. The number of methoxy groups -OCH3 is 1. The molecule has 5 nitrogen and oxygen atoms in total. The maximum absolute atomic E-state index is 11.2. The van der Waals surface area contributed by atoms with Gasteiger partial charge in [0.1, 0.15) is 5.75 Å². The van der Waals surface area contributed by atoms with Crippen molar-refractivity contribution in [2.24, 2.45) is 0 Å². The first kappa shape index (κ1) is 15.3. The van der Waals surface area contributed by atoms with Crippen molar-refractivity contribution < 1.29 is 24.5 Å². The van der Waals surface area contributed by atoms with E-state index in [0.717, 1.165) is 11.3 Å². The molecule has 5 heteroatoms. The summed E-state index contributed by atoms with van der Waals surface area (Å²) in [4.78, 5) is 22.2. The van der Waals surface area contributed by atoms with Crippen molar-refractivity contribution in [2.75, 3.05) is 7.11 Å². The third-order valence-electron chi connectivity index (χ3n) is 3.10. The van der Waals surface area contributed by atoms with Crippen LogP contribution in [0.2, 0.25) is 0 Å². The summed E-state index contributed by atoms with van der Waals surface area (Å²) < 4.78 is 5.06. The Morgan fingerprint density at radius 1 is 0.955 bits per heavy atom. The molecule has 0 aliphatic heterocycles. The Morgan fingerprint density at radius 2 is 1.64 bits per heavy atom. The predicted octanol–water partition coefficient (Wildman–Crippen LogP) is 3.26. The minimum atomic E-state index is -1.11. The molecule has 0 heterocycles. The lowest BCUT2D eigenvalue weighted by Gasteiger charge is -2.03. The van der Waals surface area contributed by atoms with Gasteiger partial charge in [-0.25, -0.2) is 9.59 Å². The minimum Gasteiger partial charge on any atom is -0.497 e. The summed E-state index contributed by atoms with van der Waals surface area (Å²) in [5, 5.41) is 18.2. The summed E-state index contributed by atoms with van der Waals surface area (Å²) >= 11 is 0. The Morgan fingerprint density at radius 3 is 2.18 bits per heavy atom. The van der Waals surface area contributed by atoms with Crippen LogP contribution in [0, 0.1) is 0 Å². The van der Waals surface area contributed by atoms with E-state index >= 15 is 0 Å². The summed E-state index contributed by atoms with van der Waals surface area (Å²) in [6.45, 7) is 0. The zero-order chi connectivity index (χ0) is 16.1. The number of carboxylic acids is 2. The summed E-state index contributed by atoms with van der Waals surface area (Å²) in [6, 6.07) is 11.1. The lowest BCUT2D eigenvalue weighted by atomic mass is 10.0. The molecule has 0 bridgehead atoms. The van der Waals surface area contributed by atoms with Crippen LogP contribution in [0.5, 0.6) is 5.75 Å². The summed E-state index contributed by atoms with van der Waals surface area (Å²) in [6.07, 6.45) is 3.30. The molecule has 0 atom stereocenters. The lowest BCUT2D eigenvalue weighted by Crippen LogP contribution is -2.03. The van der Waals surface area contributed by atoms with Crippen molar-refractivity contribution >= 4 is 24.1 Å². The number of benzene rings is 2. The summed E-state index contributed by atoms with van der Waals surface area (Å²) in [5.41, 5.74) is 1.27. The van der Waals surface area contributed by atoms with Gasteiger partial charge in [-0.1, -0.05) is 24.3 Å². The third-order valence-corrected chi connectivity index (χ3v) is 3.10. The fourth-order valence-corrected chi connectivity index (χ4v) is 1.93. The van der Waals surface area contributed by atoms with Crippen molar-refractivity contribution in [1.82, 2.24) is 0 Å². The van der Waals surface area contributed by atoms with Crippen LogP contribution in [0.4, 0.5) is 0 Å². The van der Waals surface area contributed by atoms with Gasteiger partial charge in [0.15, 0.2) is 0 Å². The Labute approximate surface area is 127 Å². The van der Waals surface area contributed by atoms with Gasteiger partial charge in [0.2, 0.25) is 0 Å². The highest BCUT2D eigenvalue weighted by Crippen LogP contribution is 2.18. The molecule has 0 saturated carbocycles. The van der Waals surface area contributed by atoms with E-state index < -0.39 is 11.9 Å². The second-order valence-corrected chi connectivity index (χ2v) is 4.52. The van der Waals surface area contributed by atoms with E-state index in [-0.39, 0.29) is 11.1 Å². The average Bonchev–Trinajstić information content (AvgIpc) is 2.52. The number of rotatable bonds is 5. The highest BCUT2D eigenvalue weighted by molar-refractivity contribution is 5.96. The molecule has 112 valence electrons. The first-order valence-corrected chi connectivity index (χ1v) is 6.44. The maximum Gasteiger partial charge on any atom is 0.336 e. The van der Waals surface area contributed by atoms with Gasteiger partial charge >= 0.3 is 11.9 Å². The second-order valence-electron chi connectivity index (χ2n) is 4.52. The van der Waals surface area contributed by atoms with Gasteiger partial charge in [-0.05, 0) is 41.5 Å². The molecule has 2 N–H and O–H groups in total. The van der Waals surface area contributed by atoms with E-state index in [4.69, 9.17) is 14.9 Å². The SMILES string of the molecule is COc1ccc(C=Cc2cc(C(=O)O)ccc2C(=O)O)cc1. The van der Waals surface area contributed by atoms with E-state index in [1.54, 1.807) is 31.4 Å². The molecule has 2 aromatic rings. The fourth-order valence-electron chi connectivity index (χ4n) is 1.93. The highest BCUT2D eigenvalue weighted by atomic mass is 16.5. The molecule has 2 aromatic carbocycles. The van der Waals surface area contributed by atoms with Crippen LogP contribution in [0.15, 0.2) is 42.5 Å². The van der Waals surface area contributed by atoms with Crippen LogP contribution in [0.25, 0.3) is 12.2 Å². The smallest absolute Gasteiger partial charge is 0.336 e. The summed E-state index contributed by atoms with van der Waals surface area (Å²) in [5.74, 6) is -1.49.